The molecule has 2 aromatic carbocycles. The van der Waals surface area contributed by atoms with Crippen molar-refractivity contribution in [2.75, 3.05) is 0 Å². The average Bonchev–Trinajstić information content (AvgIpc) is 2.46. The molecule has 3 rings (SSSR count). The van der Waals surface area contributed by atoms with E-state index in [9.17, 15) is 0 Å². The van der Waals surface area contributed by atoms with E-state index in [0.717, 1.165) is 18.4 Å². The van der Waals surface area contributed by atoms with Crippen molar-refractivity contribution in [3.8, 4) is 5.75 Å². The van der Waals surface area contributed by atoms with Crippen LogP contribution >= 0.6 is 0 Å². The van der Waals surface area contributed by atoms with Crippen molar-refractivity contribution in [3.05, 3.63) is 71.3 Å². The van der Waals surface area contributed by atoms with Crippen LogP contribution in [0.5, 0.6) is 5.75 Å². The van der Waals surface area contributed by atoms with E-state index < -0.39 is 0 Å². The van der Waals surface area contributed by atoms with E-state index in [1.807, 2.05) is 18.2 Å². The predicted molar refractivity (Wildman–Crippen MR) is 71.5 cm³/mol. The van der Waals surface area contributed by atoms with Gasteiger partial charge >= 0.3 is 0 Å². The lowest BCUT2D eigenvalue weighted by Gasteiger charge is -2.18. The first-order valence-electron chi connectivity index (χ1n) is 6.05. The molecule has 1 aliphatic rings. The quantitative estimate of drug-likeness (QED) is 0.638. The molecule has 0 amide bonds. The van der Waals surface area contributed by atoms with Crippen LogP contribution in [0.15, 0.2) is 54.6 Å². The zero-order chi connectivity index (χ0) is 12.4. The zero-order valence-corrected chi connectivity index (χ0v) is 9.97. The van der Waals surface area contributed by atoms with E-state index in [-0.39, 0.29) is 0 Å². The fraction of sp³-hybridized carbons (Fsp3) is 0.125. The van der Waals surface area contributed by atoms with Gasteiger partial charge in [-0.3, -0.25) is 0 Å². The van der Waals surface area contributed by atoms with E-state index in [1.165, 1.54) is 16.7 Å². The van der Waals surface area contributed by atoms with Gasteiger partial charge in [-0.2, -0.15) is 0 Å². The SMILES string of the molecule is OOc1ccccc1C1=CCc2ccccc2C1. The Morgan fingerprint density at radius 1 is 0.889 bits per heavy atom. The van der Waals surface area contributed by atoms with Crippen LogP contribution in [0.3, 0.4) is 0 Å². The molecule has 1 N–H and O–H groups in total. The summed E-state index contributed by atoms with van der Waals surface area (Å²) in [4.78, 5) is 4.45. The van der Waals surface area contributed by atoms with Crippen LogP contribution in [0, 0.1) is 0 Å². The normalized spacial score (nSPS) is 13.7. The highest BCUT2D eigenvalue weighted by molar-refractivity contribution is 5.74. The maximum absolute atomic E-state index is 8.92. The lowest BCUT2D eigenvalue weighted by molar-refractivity contribution is -0.137. The molecule has 0 fully saturated rings. The van der Waals surface area contributed by atoms with Crippen LogP contribution in [0.2, 0.25) is 0 Å². The number of para-hydroxylation sites is 1. The summed E-state index contributed by atoms with van der Waals surface area (Å²) in [6, 6.07) is 16.0. The summed E-state index contributed by atoms with van der Waals surface area (Å²) < 4.78 is 0. The third-order valence-corrected chi connectivity index (χ3v) is 3.40. The van der Waals surface area contributed by atoms with Crippen LogP contribution in [0.25, 0.3) is 5.57 Å². The van der Waals surface area contributed by atoms with Gasteiger partial charge in [-0.05, 0) is 35.6 Å². The van der Waals surface area contributed by atoms with Gasteiger partial charge < -0.3 is 4.89 Å². The van der Waals surface area contributed by atoms with Gasteiger partial charge in [0, 0.05) is 5.56 Å². The molecule has 0 unspecified atom stereocenters. The summed E-state index contributed by atoms with van der Waals surface area (Å²) in [5.41, 5.74) is 4.90. The van der Waals surface area contributed by atoms with Crippen molar-refractivity contribution in [2.24, 2.45) is 0 Å². The first kappa shape index (κ1) is 11.1. The number of hydrogen-bond acceptors (Lipinski definition) is 2. The lowest BCUT2D eigenvalue weighted by atomic mass is 9.88. The average molecular weight is 238 g/mol. The molecule has 90 valence electrons. The minimum absolute atomic E-state index is 0.517. The third-order valence-electron chi connectivity index (χ3n) is 3.40. The second kappa shape index (κ2) is 4.67. The molecular formula is C16H14O2. The molecule has 18 heavy (non-hydrogen) atoms. The molecule has 0 radical (unpaired) electrons. The van der Waals surface area contributed by atoms with Crippen molar-refractivity contribution in [1.82, 2.24) is 0 Å². The Balaban J connectivity index is 1.98. The molecule has 0 aliphatic heterocycles. The van der Waals surface area contributed by atoms with Crippen molar-refractivity contribution in [2.45, 2.75) is 12.8 Å². The topological polar surface area (TPSA) is 29.5 Å². The minimum Gasteiger partial charge on any atom is -0.340 e. The van der Waals surface area contributed by atoms with E-state index in [2.05, 4.69) is 35.2 Å². The molecule has 2 heteroatoms. The van der Waals surface area contributed by atoms with Crippen molar-refractivity contribution in [1.29, 1.82) is 0 Å². The third kappa shape index (κ3) is 1.91. The molecular weight excluding hydrogens is 224 g/mol. The number of rotatable bonds is 2. The molecule has 0 saturated heterocycles. The first-order valence-corrected chi connectivity index (χ1v) is 6.05. The lowest BCUT2D eigenvalue weighted by Crippen LogP contribution is -2.03. The minimum atomic E-state index is 0.517. The van der Waals surface area contributed by atoms with Gasteiger partial charge in [0.2, 0.25) is 0 Å². The van der Waals surface area contributed by atoms with Crippen LogP contribution in [0.4, 0.5) is 0 Å². The van der Waals surface area contributed by atoms with Gasteiger partial charge in [0.05, 0.1) is 0 Å². The highest BCUT2D eigenvalue weighted by atomic mass is 17.1. The Hall–Kier alpha value is -2.06. The number of fused-ring (bicyclic) bond motifs is 1. The maximum Gasteiger partial charge on any atom is 0.172 e. The summed E-state index contributed by atoms with van der Waals surface area (Å²) in [6.07, 6.45) is 4.03. The second-order valence-electron chi connectivity index (χ2n) is 4.47. The second-order valence-corrected chi connectivity index (χ2v) is 4.47. The molecule has 0 spiro atoms. The molecule has 0 saturated carbocycles. The zero-order valence-electron chi connectivity index (χ0n) is 9.97. The standard InChI is InChI=1S/C16H14O2/c17-18-16-8-4-3-7-15(16)14-10-9-12-5-1-2-6-13(12)11-14/h1-8,10,17H,9,11H2. The Labute approximate surface area is 106 Å². The summed E-state index contributed by atoms with van der Waals surface area (Å²) in [5.74, 6) is 0.517. The van der Waals surface area contributed by atoms with E-state index in [4.69, 9.17) is 5.26 Å². The van der Waals surface area contributed by atoms with Gasteiger partial charge in [-0.25, -0.2) is 5.26 Å². The van der Waals surface area contributed by atoms with E-state index >= 15 is 0 Å². The van der Waals surface area contributed by atoms with Crippen molar-refractivity contribution < 1.29 is 10.1 Å². The summed E-state index contributed by atoms with van der Waals surface area (Å²) >= 11 is 0. The number of allylic oxidation sites excluding steroid dienone is 2. The molecule has 0 heterocycles. The van der Waals surface area contributed by atoms with Gasteiger partial charge in [0.1, 0.15) is 0 Å². The number of benzene rings is 2. The van der Waals surface area contributed by atoms with Gasteiger partial charge in [-0.15, -0.1) is 0 Å². The molecule has 1 aliphatic carbocycles. The maximum atomic E-state index is 8.92. The molecule has 2 nitrogen and oxygen atoms in total. The smallest absolute Gasteiger partial charge is 0.172 e. The van der Waals surface area contributed by atoms with Crippen molar-refractivity contribution >= 4 is 5.57 Å². The van der Waals surface area contributed by atoms with E-state index in [0.29, 0.717) is 5.75 Å². The Morgan fingerprint density at radius 2 is 1.61 bits per heavy atom. The Bertz CT molecular complexity index is 600. The molecule has 0 bridgehead atoms. The summed E-state index contributed by atoms with van der Waals surface area (Å²) in [7, 11) is 0. The monoisotopic (exact) mass is 238 g/mol. The van der Waals surface area contributed by atoms with Gasteiger partial charge in [0.25, 0.3) is 0 Å². The highest BCUT2D eigenvalue weighted by Gasteiger charge is 2.14. The van der Waals surface area contributed by atoms with E-state index in [1.54, 1.807) is 6.07 Å². The fourth-order valence-electron chi connectivity index (χ4n) is 2.46. The fourth-order valence-corrected chi connectivity index (χ4v) is 2.46. The van der Waals surface area contributed by atoms with Crippen LogP contribution < -0.4 is 4.89 Å². The number of hydrogen-bond donors (Lipinski definition) is 1. The summed E-state index contributed by atoms with van der Waals surface area (Å²) in [6.45, 7) is 0. The Morgan fingerprint density at radius 3 is 2.44 bits per heavy atom. The van der Waals surface area contributed by atoms with Crippen LogP contribution in [-0.2, 0) is 12.8 Å². The van der Waals surface area contributed by atoms with Crippen LogP contribution in [-0.4, -0.2) is 5.26 Å². The molecule has 0 atom stereocenters. The van der Waals surface area contributed by atoms with Crippen molar-refractivity contribution in [3.63, 3.8) is 0 Å². The van der Waals surface area contributed by atoms with Crippen LogP contribution in [0.1, 0.15) is 16.7 Å². The molecule has 2 aromatic rings. The molecule has 0 aromatic heterocycles. The van der Waals surface area contributed by atoms with Gasteiger partial charge in [0.15, 0.2) is 5.75 Å². The highest BCUT2D eigenvalue weighted by Crippen LogP contribution is 2.32. The summed E-state index contributed by atoms with van der Waals surface area (Å²) in [5, 5.41) is 8.92. The predicted octanol–water partition coefficient (Wildman–Crippen LogP) is 3.72. The van der Waals surface area contributed by atoms with Gasteiger partial charge in [-0.1, -0.05) is 48.5 Å². The Kier molecular flexibility index (Phi) is 2.87. The largest absolute Gasteiger partial charge is 0.340 e. The first-order chi connectivity index (χ1) is 8.88.